The molecule has 0 atom stereocenters. The Balaban J connectivity index is 1.46. The van der Waals surface area contributed by atoms with E-state index < -0.39 is 18.5 Å². The van der Waals surface area contributed by atoms with E-state index in [1.165, 1.54) is 13.2 Å². The lowest BCUT2D eigenvalue weighted by atomic mass is 10.1. The number of hydrogen-bond donors (Lipinski definition) is 1. The predicted molar refractivity (Wildman–Crippen MR) is 115 cm³/mol. The molecule has 3 aromatic rings. The summed E-state index contributed by atoms with van der Waals surface area (Å²) in [4.78, 5) is 42.0. The number of rotatable bonds is 5. The summed E-state index contributed by atoms with van der Waals surface area (Å²) in [6.07, 6.45) is 3.75. The SMILES string of the molecule is COc1cccc(NC(=O)COC(=O)c2ccc3c(=O)n4c(nc3c2)CCCCC4)c1. The number of amides is 1. The fourth-order valence-electron chi connectivity index (χ4n) is 3.66. The van der Waals surface area contributed by atoms with Gasteiger partial charge >= 0.3 is 5.97 Å². The van der Waals surface area contributed by atoms with Crippen molar-refractivity contribution < 1.29 is 19.1 Å². The van der Waals surface area contributed by atoms with Gasteiger partial charge in [0.15, 0.2) is 6.61 Å². The van der Waals surface area contributed by atoms with Gasteiger partial charge in [-0.15, -0.1) is 0 Å². The summed E-state index contributed by atoms with van der Waals surface area (Å²) < 4.78 is 12.0. The van der Waals surface area contributed by atoms with Gasteiger partial charge in [0, 0.05) is 24.7 Å². The topological polar surface area (TPSA) is 99.5 Å². The van der Waals surface area contributed by atoms with Crippen LogP contribution >= 0.6 is 0 Å². The standard InChI is InChI=1S/C23H23N3O5/c1-30-17-7-5-6-16(13-17)24-21(27)14-31-23(29)15-9-10-18-19(12-15)25-20-8-3-2-4-11-26(20)22(18)28/h5-7,9-10,12-13H,2-4,8,11,14H2,1H3,(H,24,27). The predicted octanol–water partition coefficient (Wildman–Crippen LogP) is 2.93. The first kappa shape index (κ1) is 20.6. The number of methoxy groups -OCH3 is 1. The molecule has 0 saturated carbocycles. The highest BCUT2D eigenvalue weighted by molar-refractivity contribution is 5.97. The van der Waals surface area contributed by atoms with Crippen molar-refractivity contribution in [1.82, 2.24) is 9.55 Å². The van der Waals surface area contributed by atoms with E-state index in [0.717, 1.165) is 31.5 Å². The minimum atomic E-state index is -0.653. The Kier molecular flexibility index (Phi) is 5.97. The maximum atomic E-state index is 12.8. The van der Waals surface area contributed by atoms with Gasteiger partial charge < -0.3 is 14.8 Å². The van der Waals surface area contributed by atoms with E-state index in [4.69, 9.17) is 9.47 Å². The molecule has 1 aliphatic rings. The zero-order chi connectivity index (χ0) is 21.8. The van der Waals surface area contributed by atoms with E-state index >= 15 is 0 Å². The van der Waals surface area contributed by atoms with Gasteiger partial charge in [-0.1, -0.05) is 12.5 Å². The number of aryl methyl sites for hydroxylation is 1. The number of ether oxygens (including phenoxy) is 2. The lowest BCUT2D eigenvalue weighted by Crippen LogP contribution is -2.25. The number of fused-ring (bicyclic) bond motifs is 2. The number of nitrogens with zero attached hydrogens (tertiary/aromatic N) is 2. The van der Waals surface area contributed by atoms with E-state index in [2.05, 4.69) is 10.3 Å². The summed E-state index contributed by atoms with van der Waals surface area (Å²) in [6.45, 7) is 0.234. The molecule has 1 amide bonds. The minimum Gasteiger partial charge on any atom is -0.497 e. The maximum Gasteiger partial charge on any atom is 0.338 e. The van der Waals surface area contributed by atoms with Crippen molar-refractivity contribution in [3.63, 3.8) is 0 Å². The first-order valence-corrected chi connectivity index (χ1v) is 10.2. The molecule has 8 heteroatoms. The smallest absolute Gasteiger partial charge is 0.338 e. The van der Waals surface area contributed by atoms with Crippen LogP contribution in [0.2, 0.25) is 0 Å². The van der Waals surface area contributed by atoms with Crippen molar-refractivity contribution in [2.24, 2.45) is 0 Å². The lowest BCUT2D eigenvalue weighted by molar-refractivity contribution is -0.119. The third-order valence-electron chi connectivity index (χ3n) is 5.24. The van der Waals surface area contributed by atoms with Crippen LogP contribution in [0.25, 0.3) is 10.9 Å². The summed E-state index contributed by atoms with van der Waals surface area (Å²) >= 11 is 0. The zero-order valence-electron chi connectivity index (χ0n) is 17.2. The third kappa shape index (κ3) is 4.58. The normalized spacial score (nSPS) is 13.2. The number of nitrogens with one attached hydrogen (secondary N) is 1. The Bertz CT molecular complexity index is 1200. The molecule has 8 nitrogen and oxygen atoms in total. The molecule has 0 spiro atoms. The van der Waals surface area contributed by atoms with Crippen LogP contribution in [0.3, 0.4) is 0 Å². The van der Waals surface area contributed by atoms with Crippen molar-refractivity contribution in [3.05, 3.63) is 64.2 Å². The van der Waals surface area contributed by atoms with Crippen LogP contribution in [0.4, 0.5) is 5.69 Å². The van der Waals surface area contributed by atoms with Gasteiger partial charge in [-0.2, -0.15) is 0 Å². The molecule has 2 heterocycles. The largest absolute Gasteiger partial charge is 0.497 e. The summed E-state index contributed by atoms with van der Waals surface area (Å²) in [5, 5.41) is 3.12. The number of hydrogen-bond acceptors (Lipinski definition) is 6. The van der Waals surface area contributed by atoms with E-state index in [9.17, 15) is 14.4 Å². The fraction of sp³-hybridized carbons (Fsp3) is 0.304. The van der Waals surface area contributed by atoms with Crippen LogP contribution < -0.4 is 15.6 Å². The molecule has 1 N–H and O–H groups in total. The van der Waals surface area contributed by atoms with Gasteiger partial charge in [0.05, 0.1) is 23.6 Å². The summed E-state index contributed by atoms with van der Waals surface area (Å²) in [7, 11) is 1.53. The Morgan fingerprint density at radius 3 is 2.84 bits per heavy atom. The molecule has 0 fully saturated rings. The number of benzene rings is 2. The average Bonchev–Trinajstić information content (AvgIpc) is 3.03. The quantitative estimate of drug-likeness (QED) is 0.636. The van der Waals surface area contributed by atoms with E-state index in [1.807, 2.05) is 0 Å². The Hall–Kier alpha value is -3.68. The molecule has 31 heavy (non-hydrogen) atoms. The molecule has 2 aromatic carbocycles. The second-order valence-corrected chi connectivity index (χ2v) is 7.38. The molecule has 160 valence electrons. The van der Waals surface area contributed by atoms with Crippen molar-refractivity contribution in [2.45, 2.75) is 32.2 Å². The summed E-state index contributed by atoms with van der Waals surface area (Å²) in [5.41, 5.74) is 1.16. The van der Waals surface area contributed by atoms with Crippen molar-refractivity contribution in [1.29, 1.82) is 0 Å². The van der Waals surface area contributed by atoms with Crippen molar-refractivity contribution >= 4 is 28.5 Å². The average molecular weight is 421 g/mol. The van der Waals surface area contributed by atoms with E-state index in [1.54, 1.807) is 41.0 Å². The van der Waals surface area contributed by atoms with Gasteiger partial charge in [-0.25, -0.2) is 9.78 Å². The maximum absolute atomic E-state index is 12.8. The molecule has 1 aliphatic heterocycles. The summed E-state index contributed by atoms with van der Waals surface area (Å²) in [5.74, 6) is 0.231. The lowest BCUT2D eigenvalue weighted by Gasteiger charge is -2.11. The third-order valence-corrected chi connectivity index (χ3v) is 5.24. The molecule has 0 unspecified atom stereocenters. The first-order chi connectivity index (χ1) is 15.0. The molecular weight excluding hydrogens is 398 g/mol. The monoisotopic (exact) mass is 421 g/mol. The van der Waals surface area contributed by atoms with Gasteiger partial charge in [-0.05, 0) is 43.2 Å². The van der Waals surface area contributed by atoms with Crippen molar-refractivity contribution in [3.8, 4) is 5.75 Å². The number of esters is 1. The Morgan fingerprint density at radius 1 is 1.13 bits per heavy atom. The Labute approximate surface area is 178 Å². The fourth-order valence-corrected chi connectivity index (χ4v) is 3.66. The van der Waals surface area contributed by atoms with Crippen LogP contribution in [-0.2, 0) is 22.5 Å². The van der Waals surface area contributed by atoms with Crippen LogP contribution in [0, 0.1) is 0 Å². The highest BCUT2D eigenvalue weighted by Gasteiger charge is 2.16. The molecule has 1 aromatic heterocycles. The molecule has 4 rings (SSSR count). The minimum absolute atomic E-state index is 0.0838. The van der Waals surface area contributed by atoms with Crippen LogP contribution in [-0.4, -0.2) is 35.1 Å². The van der Waals surface area contributed by atoms with E-state index in [-0.39, 0.29) is 11.1 Å². The number of carbonyl (C=O) groups excluding carboxylic acids is 2. The first-order valence-electron chi connectivity index (χ1n) is 10.2. The van der Waals surface area contributed by atoms with Gasteiger partial charge in [-0.3, -0.25) is 14.2 Å². The summed E-state index contributed by atoms with van der Waals surface area (Å²) in [6, 6.07) is 11.5. The van der Waals surface area contributed by atoms with Gasteiger partial charge in [0.2, 0.25) is 0 Å². The second kappa shape index (κ2) is 8.99. The highest BCUT2D eigenvalue weighted by Crippen LogP contribution is 2.18. The molecule has 0 radical (unpaired) electrons. The Morgan fingerprint density at radius 2 is 2.00 bits per heavy atom. The van der Waals surface area contributed by atoms with Gasteiger partial charge in [0.25, 0.3) is 11.5 Å². The van der Waals surface area contributed by atoms with Gasteiger partial charge in [0.1, 0.15) is 11.6 Å². The molecule has 0 aliphatic carbocycles. The second-order valence-electron chi connectivity index (χ2n) is 7.38. The van der Waals surface area contributed by atoms with Crippen LogP contribution in [0.15, 0.2) is 47.3 Å². The van der Waals surface area contributed by atoms with Crippen LogP contribution in [0.5, 0.6) is 5.75 Å². The zero-order valence-corrected chi connectivity index (χ0v) is 17.2. The molecule has 0 saturated heterocycles. The van der Waals surface area contributed by atoms with E-state index in [0.29, 0.717) is 28.9 Å². The highest BCUT2D eigenvalue weighted by atomic mass is 16.5. The molecular formula is C23H23N3O5. The van der Waals surface area contributed by atoms with Crippen LogP contribution in [0.1, 0.15) is 35.4 Å². The molecule has 0 bridgehead atoms. The number of carbonyl (C=O) groups is 2. The number of aromatic nitrogens is 2. The van der Waals surface area contributed by atoms with Crippen molar-refractivity contribution in [2.75, 3.05) is 19.0 Å². The number of anilines is 1.